The van der Waals surface area contributed by atoms with E-state index in [0.29, 0.717) is 6.54 Å². The molecule has 4 N–H and O–H groups in total. The van der Waals surface area contributed by atoms with Crippen LogP contribution in [0.3, 0.4) is 0 Å². The molecule has 0 unspecified atom stereocenters. The normalized spacial score (nSPS) is 9.21. The van der Waals surface area contributed by atoms with E-state index in [-0.39, 0.29) is 0 Å². The molecule has 1 aromatic carbocycles. The third-order valence-corrected chi connectivity index (χ3v) is 1.63. The Morgan fingerprint density at radius 3 is 2.36 bits per heavy atom. The molecule has 0 fully saturated rings. The highest BCUT2D eigenvalue weighted by Gasteiger charge is 2.09. The van der Waals surface area contributed by atoms with E-state index in [2.05, 4.69) is 5.32 Å². The highest BCUT2D eigenvalue weighted by atomic mass is 16.2. The fourth-order valence-corrected chi connectivity index (χ4v) is 0.924. The molecule has 0 aliphatic rings. The second-order valence-corrected chi connectivity index (χ2v) is 2.64. The summed E-state index contributed by atoms with van der Waals surface area (Å²) in [6.07, 6.45) is 0. The van der Waals surface area contributed by atoms with E-state index in [0.717, 1.165) is 5.56 Å². The SMILES string of the molecule is NNC(=O)C(=O)NCc1ccccc1. The molecule has 74 valence electrons. The van der Waals surface area contributed by atoms with Gasteiger partial charge in [0.1, 0.15) is 0 Å². The molecule has 5 nitrogen and oxygen atoms in total. The van der Waals surface area contributed by atoms with Gasteiger partial charge in [-0.05, 0) is 5.56 Å². The van der Waals surface area contributed by atoms with Crippen molar-refractivity contribution in [2.24, 2.45) is 5.84 Å². The van der Waals surface area contributed by atoms with E-state index >= 15 is 0 Å². The summed E-state index contributed by atoms with van der Waals surface area (Å²) in [5.74, 6) is 3.20. The van der Waals surface area contributed by atoms with E-state index < -0.39 is 11.8 Å². The highest BCUT2D eigenvalue weighted by Crippen LogP contribution is 1.96. The van der Waals surface area contributed by atoms with Crippen LogP contribution in [0.2, 0.25) is 0 Å². The summed E-state index contributed by atoms with van der Waals surface area (Å²) in [6, 6.07) is 9.27. The highest BCUT2D eigenvalue weighted by molar-refractivity contribution is 6.34. The van der Waals surface area contributed by atoms with Crippen LogP contribution in [0.25, 0.3) is 0 Å². The van der Waals surface area contributed by atoms with Crippen LogP contribution >= 0.6 is 0 Å². The monoisotopic (exact) mass is 193 g/mol. The van der Waals surface area contributed by atoms with Crippen LogP contribution in [0.5, 0.6) is 0 Å². The average Bonchev–Trinajstić information content (AvgIpc) is 2.26. The summed E-state index contributed by atoms with van der Waals surface area (Å²) in [7, 11) is 0. The lowest BCUT2D eigenvalue weighted by molar-refractivity contribution is -0.139. The number of nitrogens with two attached hydrogens (primary N) is 1. The van der Waals surface area contributed by atoms with Crippen molar-refractivity contribution < 1.29 is 9.59 Å². The molecule has 0 aromatic heterocycles. The lowest BCUT2D eigenvalue weighted by Crippen LogP contribution is -2.42. The third-order valence-electron chi connectivity index (χ3n) is 1.63. The standard InChI is InChI=1S/C9H11N3O2/c10-12-9(14)8(13)11-6-7-4-2-1-3-5-7/h1-5H,6,10H2,(H,11,13)(H,12,14). The van der Waals surface area contributed by atoms with Gasteiger partial charge in [-0.2, -0.15) is 0 Å². The maximum Gasteiger partial charge on any atom is 0.323 e. The maximum absolute atomic E-state index is 10.9. The van der Waals surface area contributed by atoms with E-state index in [4.69, 9.17) is 5.84 Å². The van der Waals surface area contributed by atoms with Crippen molar-refractivity contribution >= 4 is 11.8 Å². The Morgan fingerprint density at radius 2 is 1.79 bits per heavy atom. The van der Waals surface area contributed by atoms with Crippen LogP contribution in [0.15, 0.2) is 30.3 Å². The molecule has 1 rings (SSSR count). The van der Waals surface area contributed by atoms with Gasteiger partial charge in [0.25, 0.3) is 0 Å². The molecule has 1 aromatic rings. The molecule has 0 heterocycles. The molecule has 0 spiro atoms. The van der Waals surface area contributed by atoms with Gasteiger partial charge in [0.05, 0.1) is 0 Å². The van der Waals surface area contributed by atoms with E-state index in [1.54, 1.807) is 5.43 Å². The first-order valence-electron chi connectivity index (χ1n) is 4.06. The minimum absolute atomic E-state index is 0.313. The number of amides is 2. The molecule has 0 radical (unpaired) electrons. The van der Waals surface area contributed by atoms with Gasteiger partial charge in [-0.1, -0.05) is 30.3 Å². The number of benzene rings is 1. The van der Waals surface area contributed by atoms with Crippen molar-refractivity contribution in [1.82, 2.24) is 10.7 Å². The first-order valence-corrected chi connectivity index (χ1v) is 4.06. The summed E-state index contributed by atoms with van der Waals surface area (Å²) in [4.78, 5) is 21.6. The Kier molecular flexibility index (Phi) is 3.63. The van der Waals surface area contributed by atoms with Gasteiger partial charge in [-0.15, -0.1) is 0 Å². The van der Waals surface area contributed by atoms with E-state index in [1.165, 1.54) is 0 Å². The fraction of sp³-hybridized carbons (Fsp3) is 0.111. The predicted molar refractivity (Wildman–Crippen MR) is 50.6 cm³/mol. The first-order chi connectivity index (χ1) is 6.74. The van der Waals surface area contributed by atoms with Crippen molar-refractivity contribution in [2.45, 2.75) is 6.54 Å². The lowest BCUT2D eigenvalue weighted by atomic mass is 10.2. The Labute approximate surface area is 81.3 Å². The van der Waals surface area contributed by atoms with Gasteiger partial charge < -0.3 is 5.32 Å². The number of carbonyl (C=O) groups is 2. The lowest BCUT2D eigenvalue weighted by Gasteiger charge is -2.03. The molecule has 5 heteroatoms. The molecule has 0 bridgehead atoms. The second kappa shape index (κ2) is 4.98. The van der Waals surface area contributed by atoms with Crippen molar-refractivity contribution in [1.29, 1.82) is 0 Å². The van der Waals surface area contributed by atoms with Gasteiger partial charge in [-0.25, -0.2) is 5.84 Å². The minimum atomic E-state index is -0.846. The van der Waals surface area contributed by atoms with Gasteiger partial charge in [-0.3, -0.25) is 15.0 Å². The average molecular weight is 193 g/mol. The molecule has 0 aliphatic carbocycles. The van der Waals surface area contributed by atoms with Crippen molar-refractivity contribution in [3.63, 3.8) is 0 Å². The maximum atomic E-state index is 10.9. The van der Waals surface area contributed by atoms with Gasteiger partial charge in [0.2, 0.25) is 0 Å². The topological polar surface area (TPSA) is 84.2 Å². The smallest absolute Gasteiger partial charge is 0.323 e. The largest absolute Gasteiger partial charge is 0.344 e. The molecule has 0 atom stereocenters. The molecular formula is C9H11N3O2. The van der Waals surface area contributed by atoms with Gasteiger partial charge in [0, 0.05) is 6.54 Å². The molecular weight excluding hydrogens is 182 g/mol. The number of nitrogens with one attached hydrogen (secondary N) is 2. The minimum Gasteiger partial charge on any atom is -0.344 e. The number of hydrogen-bond acceptors (Lipinski definition) is 3. The Hall–Kier alpha value is -1.88. The van der Waals surface area contributed by atoms with Gasteiger partial charge >= 0.3 is 11.8 Å². The van der Waals surface area contributed by atoms with Crippen molar-refractivity contribution in [3.8, 4) is 0 Å². The van der Waals surface area contributed by atoms with Crippen LogP contribution in [0, 0.1) is 0 Å². The van der Waals surface area contributed by atoms with Crippen LogP contribution in [-0.4, -0.2) is 11.8 Å². The Morgan fingerprint density at radius 1 is 1.14 bits per heavy atom. The molecule has 0 saturated heterocycles. The van der Waals surface area contributed by atoms with Crippen molar-refractivity contribution in [3.05, 3.63) is 35.9 Å². The first kappa shape index (κ1) is 10.2. The van der Waals surface area contributed by atoms with Crippen molar-refractivity contribution in [2.75, 3.05) is 0 Å². The zero-order valence-corrected chi connectivity index (χ0v) is 7.49. The van der Waals surface area contributed by atoms with E-state index in [9.17, 15) is 9.59 Å². The number of hydrogen-bond donors (Lipinski definition) is 3. The number of rotatable bonds is 2. The van der Waals surface area contributed by atoms with Crippen LogP contribution in [-0.2, 0) is 16.1 Å². The van der Waals surface area contributed by atoms with Gasteiger partial charge in [0.15, 0.2) is 0 Å². The summed E-state index contributed by atoms with van der Waals surface area (Å²) in [6.45, 7) is 0.313. The molecule has 0 aliphatic heterocycles. The van der Waals surface area contributed by atoms with Crippen LogP contribution < -0.4 is 16.6 Å². The summed E-state index contributed by atoms with van der Waals surface area (Å²) >= 11 is 0. The molecule has 2 amide bonds. The number of carbonyl (C=O) groups excluding carboxylic acids is 2. The van der Waals surface area contributed by atoms with Crippen LogP contribution in [0.4, 0.5) is 0 Å². The zero-order valence-electron chi connectivity index (χ0n) is 7.49. The fourth-order valence-electron chi connectivity index (χ4n) is 0.924. The summed E-state index contributed by atoms with van der Waals surface area (Å²) in [5.41, 5.74) is 2.67. The number of hydrazine groups is 1. The summed E-state index contributed by atoms with van der Waals surface area (Å²) in [5, 5.41) is 2.42. The van der Waals surface area contributed by atoms with E-state index in [1.807, 2.05) is 30.3 Å². The Balaban J connectivity index is 2.42. The predicted octanol–water partition coefficient (Wildman–Crippen LogP) is -0.707. The van der Waals surface area contributed by atoms with Crippen LogP contribution in [0.1, 0.15) is 5.56 Å². The zero-order chi connectivity index (χ0) is 10.4. The molecule has 14 heavy (non-hydrogen) atoms. The quantitative estimate of drug-likeness (QED) is 0.251. The third kappa shape index (κ3) is 2.87. The molecule has 0 saturated carbocycles. The summed E-state index contributed by atoms with van der Waals surface area (Å²) < 4.78 is 0. The Bertz CT molecular complexity index is 324. The second-order valence-electron chi connectivity index (χ2n) is 2.64.